The van der Waals surface area contributed by atoms with E-state index < -0.39 is 43.1 Å². The van der Waals surface area contributed by atoms with Gasteiger partial charge in [0.2, 0.25) is 5.91 Å². The second-order valence-electron chi connectivity index (χ2n) is 9.71. The van der Waals surface area contributed by atoms with Crippen LogP contribution >= 0.6 is 0 Å². The number of H-pyrrole nitrogens is 1. The van der Waals surface area contributed by atoms with Crippen LogP contribution in [0.3, 0.4) is 0 Å². The quantitative estimate of drug-likeness (QED) is 0.491. The topological polar surface area (TPSA) is 105 Å². The summed E-state index contributed by atoms with van der Waals surface area (Å²) in [7, 11) is -0.766. The maximum Gasteiger partial charge on any atom is 0.280 e. The molecule has 11 heteroatoms. The summed E-state index contributed by atoms with van der Waals surface area (Å²) in [6.45, 7) is 5.70. The first-order chi connectivity index (χ1) is 17.0. The number of fused-ring (bicyclic) bond motifs is 1. The van der Waals surface area contributed by atoms with Crippen molar-refractivity contribution in [3.8, 4) is 5.75 Å². The van der Waals surface area contributed by atoms with Crippen molar-refractivity contribution in [2.45, 2.75) is 38.5 Å². The van der Waals surface area contributed by atoms with Gasteiger partial charge in [-0.2, -0.15) is 5.16 Å². The van der Waals surface area contributed by atoms with Crippen LogP contribution in [-0.4, -0.2) is 43.6 Å². The number of benzene rings is 2. The van der Waals surface area contributed by atoms with Crippen molar-refractivity contribution in [2.24, 2.45) is 0 Å². The lowest BCUT2D eigenvalue weighted by Gasteiger charge is -2.36. The number of methoxy groups -OCH3 is 1. The van der Waals surface area contributed by atoms with Gasteiger partial charge in [0.1, 0.15) is 29.2 Å². The lowest BCUT2D eigenvalue weighted by molar-refractivity contribution is -0.139. The Morgan fingerprint density at radius 1 is 1.17 bits per heavy atom. The van der Waals surface area contributed by atoms with Gasteiger partial charge in [-0.05, 0) is 41.8 Å². The number of hydrogen-bond acceptors (Lipinski definition) is 5. The first-order valence-corrected chi connectivity index (χ1v) is 14.9. The Balaban J connectivity index is 1.68. The van der Waals surface area contributed by atoms with Gasteiger partial charge in [-0.1, -0.05) is 25.7 Å². The van der Waals surface area contributed by atoms with Crippen LogP contribution < -0.4 is 20.8 Å². The minimum atomic E-state index is -2.30. The molecule has 0 fully saturated rings. The molecule has 1 atom stereocenters. The number of hydrogen-bond donors (Lipinski definition) is 2. The van der Waals surface area contributed by atoms with E-state index in [0.29, 0.717) is 17.7 Å². The fourth-order valence-electron chi connectivity index (χ4n) is 4.51. The molecule has 3 aromatic rings. The smallest absolute Gasteiger partial charge is 0.280 e. The van der Waals surface area contributed by atoms with Crippen molar-refractivity contribution in [1.82, 2.24) is 10.1 Å². The predicted molar refractivity (Wildman–Crippen MR) is 132 cm³/mol. The van der Waals surface area contributed by atoms with Crippen molar-refractivity contribution >= 4 is 30.8 Å². The molecule has 8 nitrogen and oxygen atoms in total. The first kappa shape index (κ1) is 25.4. The average molecular weight is 516 g/mol. The van der Waals surface area contributed by atoms with E-state index in [0.717, 1.165) is 17.7 Å². The summed E-state index contributed by atoms with van der Waals surface area (Å²) in [5.41, 5.74) is 0.872. The van der Waals surface area contributed by atoms with Gasteiger partial charge in [-0.15, -0.1) is 0 Å². The van der Waals surface area contributed by atoms with Gasteiger partial charge in [0.05, 0.1) is 21.6 Å². The van der Waals surface area contributed by atoms with Gasteiger partial charge in [-0.25, -0.2) is 8.78 Å². The number of carbonyl (C=O) groups excluding carboxylic acids is 2. The van der Waals surface area contributed by atoms with E-state index in [4.69, 9.17) is 9.26 Å². The van der Waals surface area contributed by atoms with Crippen LogP contribution in [0.2, 0.25) is 19.6 Å². The van der Waals surface area contributed by atoms with E-state index in [9.17, 15) is 23.2 Å². The predicted octanol–water partition coefficient (Wildman–Crippen LogP) is 3.11. The zero-order chi connectivity index (χ0) is 26.2. The van der Waals surface area contributed by atoms with E-state index in [1.54, 1.807) is 18.2 Å². The molecule has 0 aliphatic carbocycles. The molecule has 0 radical (unpaired) electrons. The van der Waals surface area contributed by atoms with Crippen LogP contribution in [-0.2, 0) is 22.4 Å². The maximum atomic E-state index is 14.8. The van der Waals surface area contributed by atoms with Crippen molar-refractivity contribution in [3.63, 3.8) is 0 Å². The second kappa shape index (κ2) is 9.73. The van der Waals surface area contributed by atoms with Crippen molar-refractivity contribution in [1.29, 1.82) is 0 Å². The highest BCUT2D eigenvalue weighted by Gasteiger charge is 2.37. The number of nitrogens with one attached hydrogen (secondary N) is 2. The van der Waals surface area contributed by atoms with Gasteiger partial charge in [0.15, 0.2) is 0 Å². The normalized spacial score (nSPS) is 15.4. The third kappa shape index (κ3) is 5.10. The zero-order valence-corrected chi connectivity index (χ0v) is 21.4. The summed E-state index contributed by atoms with van der Waals surface area (Å²) >= 11 is 0. The lowest BCUT2D eigenvalue weighted by atomic mass is 9.91. The number of nitrogens with zero attached hydrogens (tertiary/aromatic N) is 1. The molecule has 1 unspecified atom stereocenters. The van der Waals surface area contributed by atoms with Crippen LogP contribution in [0.1, 0.15) is 22.9 Å². The Morgan fingerprint density at radius 3 is 2.44 bits per heavy atom. The summed E-state index contributed by atoms with van der Waals surface area (Å²) < 4.78 is 39.9. The molecule has 1 aliphatic rings. The minimum absolute atomic E-state index is 0.0401. The maximum absolute atomic E-state index is 14.8. The SMILES string of the molecule is COc1ccc2c(c1)CCN(C(=O)Cc1cc(=O)[nH]o1)C2C(=O)Nc1cc(F)c([Si](C)(C)C)c(F)c1. The molecule has 0 saturated heterocycles. The van der Waals surface area contributed by atoms with E-state index >= 15 is 0 Å². The van der Waals surface area contributed by atoms with Crippen LogP contribution in [0.5, 0.6) is 5.75 Å². The molecule has 2 heterocycles. The summed E-state index contributed by atoms with van der Waals surface area (Å²) in [5, 5.41) is 4.78. The molecule has 0 bridgehead atoms. The molecule has 1 aliphatic heterocycles. The third-order valence-electron chi connectivity index (χ3n) is 6.11. The van der Waals surface area contributed by atoms with E-state index in [2.05, 4.69) is 10.5 Å². The molecular formula is C25H27F2N3O5Si. The summed E-state index contributed by atoms with van der Waals surface area (Å²) in [4.78, 5) is 39.4. The molecule has 0 saturated carbocycles. The van der Waals surface area contributed by atoms with Crippen LogP contribution in [0.25, 0.3) is 0 Å². The molecule has 0 spiro atoms. The molecule has 2 aromatic carbocycles. The van der Waals surface area contributed by atoms with Crippen molar-refractivity contribution in [3.05, 3.63) is 75.3 Å². The third-order valence-corrected chi connectivity index (χ3v) is 8.08. The number of aromatic nitrogens is 1. The number of halogens is 2. The monoisotopic (exact) mass is 515 g/mol. The van der Waals surface area contributed by atoms with Crippen molar-refractivity contribution in [2.75, 3.05) is 19.0 Å². The summed E-state index contributed by atoms with van der Waals surface area (Å²) in [6, 6.07) is 7.48. The molecule has 1 aromatic heterocycles. The average Bonchev–Trinajstić information content (AvgIpc) is 3.20. The first-order valence-electron chi connectivity index (χ1n) is 11.4. The number of carbonyl (C=O) groups is 2. The number of amides is 2. The molecule has 2 N–H and O–H groups in total. The molecule has 2 amide bonds. The highest BCUT2D eigenvalue weighted by atomic mass is 28.3. The molecule has 4 rings (SSSR count). The Labute approximate surface area is 207 Å². The Morgan fingerprint density at radius 2 is 1.86 bits per heavy atom. The van der Waals surface area contributed by atoms with Crippen LogP contribution in [0.15, 0.2) is 45.7 Å². The standard InChI is InChI=1S/C25H27F2N3O5Si/c1-34-16-5-6-18-14(9-16)7-8-30(22(32)13-17-12-21(31)29-35-17)23(18)25(33)28-15-10-19(26)24(20(27)11-15)36(2,3)4/h5-6,9-12,23H,7-8,13H2,1-4H3,(H,28,33)(H,29,31). The Hall–Kier alpha value is -3.73. The van der Waals surface area contributed by atoms with Crippen LogP contribution in [0.4, 0.5) is 14.5 Å². The Bertz CT molecular complexity index is 1360. The fraction of sp³-hybridized carbons (Fsp3) is 0.320. The molecule has 36 heavy (non-hydrogen) atoms. The van der Waals surface area contributed by atoms with Crippen molar-refractivity contribution < 1.29 is 27.6 Å². The molecule has 190 valence electrons. The highest BCUT2D eigenvalue weighted by Crippen LogP contribution is 2.34. The largest absolute Gasteiger partial charge is 0.497 e. The number of aromatic amines is 1. The van der Waals surface area contributed by atoms with Crippen LogP contribution in [0, 0.1) is 11.6 Å². The highest BCUT2D eigenvalue weighted by molar-refractivity contribution is 6.88. The molecular weight excluding hydrogens is 488 g/mol. The van der Waals surface area contributed by atoms with E-state index in [1.807, 2.05) is 19.6 Å². The Kier molecular flexibility index (Phi) is 6.85. The van der Waals surface area contributed by atoms with Gasteiger partial charge in [-0.3, -0.25) is 14.4 Å². The minimum Gasteiger partial charge on any atom is -0.497 e. The lowest BCUT2D eigenvalue weighted by Crippen LogP contribution is -2.46. The zero-order valence-electron chi connectivity index (χ0n) is 20.4. The number of anilines is 1. The van der Waals surface area contributed by atoms with Gasteiger partial charge >= 0.3 is 0 Å². The van der Waals surface area contributed by atoms with Gasteiger partial charge in [0.25, 0.3) is 11.5 Å². The van der Waals surface area contributed by atoms with E-state index in [1.165, 1.54) is 18.1 Å². The van der Waals surface area contributed by atoms with Gasteiger partial charge in [0, 0.05) is 23.5 Å². The fourth-order valence-corrected chi connectivity index (χ4v) is 6.09. The number of ether oxygens (including phenoxy) is 1. The number of rotatable bonds is 6. The summed E-state index contributed by atoms with van der Waals surface area (Å²) in [5.74, 6) is -1.75. The van der Waals surface area contributed by atoms with Gasteiger partial charge < -0.3 is 19.5 Å². The summed E-state index contributed by atoms with van der Waals surface area (Å²) in [6.07, 6.45) is 0.232. The van der Waals surface area contributed by atoms with E-state index in [-0.39, 0.29) is 29.6 Å². The second-order valence-corrected chi connectivity index (χ2v) is 14.7.